The molecule has 3 rings (SSSR count). The zero-order valence-electron chi connectivity index (χ0n) is 12.2. The molecule has 114 valence electrons. The Morgan fingerprint density at radius 1 is 1.52 bits per heavy atom. The molecule has 2 aromatic heterocycles. The van der Waals surface area contributed by atoms with Gasteiger partial charge < -0.3 is 15.6 Å². The highest BCUT2D eigenvalue weighted by Crippen LogP contribution is 2.53. The molecule has 7 heteroatoms. The van der Waals surface area contributed by atoms with Gasteiger partial charge in [0.05, 0.1) is 6.10 Å². The van der Waals surface area contributed by atoms with Crippen molar-refractivity contribution in [2.24, 2.45) is 5.92 Å². The van der Waals surface area contributed by atoms with Crippen LogP contribution in [0, 0.1) is 5.92 Å². The topological polar surface area (TPSA) is 85.7 Å². The normalized spacial score (nSPS) is 36.4. The fraction of sp³-hybridized carbons (Fsp3) is 0.571. The summed E-state index contributed by atoms with van der Waals surface area (Å²) in [5.74, 6) is -1.31. The number of hydrogen-bond donors (Lipinski definition) is 2. The van der Waals surface area contributed by atoms with Gasteiger partial charge in [-0.25, -0.2) is 9.50 Å². The van der Waals surface area contributed by atoms with E-state index in [0.29, 0.717) is 17.0 Å². The number of nitrogens with zero attached hydrogens (tertiary/aromatic N) is 3. The van der Waals surface area contributed by atoms with Crippen molar-refractivity contribution in [2.75, 3.05) is 5.73 Å². The van der Waals surface area contributed by atoms with E-state index in [4.69, 9.17) is 22.1 Å². The smallest absolute Gasteiger partial charge is 0.230 e. The highest BCUT2D eigenvalue weighted by atomic mass is 35.5. The Hall–Kier alpha value is -1.37. The van der Waals surface area contributed by atoms with Crippen LogP contribution in [0.4, 0.5) is 5.82 Å². The van der Waals surface area contributed by atoms with Crippen LogP contribution in [-0.4, -0.2) is 30.7 Å². The predicted octanol–water partition coefficient (Wildman–Crippen LogP) is 1.90. The molecule has 21 heavy (non-hydrogen) atoms. The van der Waals surface area contributed by atoms with Crippen LogP contribution in [0.3, 0.4) is 0 Å². The third-order valence-electron chi connectivity index (χ3n) is 4.63. The van der Waals surface area contributed by atoms with Crippen molar-refractivity contribution in [1.29, 1.82) is 0 Å². The monoisotopic (exact) mass is 310 g/mol. The minimum Gasteiger partial charge on any atom is -0.382 e. The molecular weight excluding hydrogens is 292 g/mol. The molecule has 0 radical (unpaired) electrons. The van der Waals surface area contributed by atoms with Gasteiger partial charge in [0.15, 0.2) is 5.82 Å². The fourth-order valence-electron chi connectivity index (χ4n) is 3.05. The van der Waals surface area contributed by atoms with Crippen LogP contribution in [0.25, 0.3) is 5.52 Å². The van der Waals surface area contributed by atoms with E-state index in [2.05, 4.69) is 10.1 Å². The van der Waals surface area contributed by atoms with E-state index in [1.807, 2.05) is 13.8 Å². The van der Waals surface area contributed by atoms with Gasteiger partial charge in [0, 0.05) is 5.92 Å². The molecule has 3 N–H and O–H groups in total. The quantitative estimate of drug-likeness (QED) is 0.827. The summed E-state index contributed by atoms with van der Waals surface area (Å²) in [4.78, 5) is 2.97. The first-order chi connectivity index (χ1) is 9.83. The summed E-state index contributed by atoms with van der Waals surface area (Å²) >= 11 is 6.67. The molecule has 0 spiro atoms. The van der Waals surface area contributed by atoms with Crippen LogP contribution in [0.5, 0.6) is 0 Å². The molecule has 2 aromatic rings. The van der Waals surface area contributed by atoms with Gasteiger partial charge >= 0.3 is 0 Å². The summed E-state index contributed by atoms with van der Waals surface area (Å²) in [6.07, 6.45) is 1.99. The maximum Gasteiger partial charge on any atom is 0.230 e. The highest BCUT2D eigenvalue weighted by molar-refractivity contribution is 6.24. The number of aromatic nitrogens is 3. The van der Waals surface area contributed by atoms with Gasteiger partial charge in [0.1, 0.15) is 22.4 Å². The standard InChI is InChI=1S/C14H19ClN4O2/c1-4-10-8(2)13(3,15)14(20,21-10)11-6-5-9-12(16)17-7-18-19(9)11/h5-8,10,20H,4H2,1-3H3,(H2,16,17,18)/t8-,10-,13-,14?/m1/s1. The van der Waals surface area contributed by atoms with Crippen molar-refractivity contribution >= 4 is 22.9 Å². The number of rotatable bonds is 2. The van der Waals surface area contributed by atoms with Gasteiger partial charge in [0.25, 0.3) is 0 Å². The fourth-order valence-corrected chi connectivity index (χ4v) is 3.33. The number of alkyl halides is 1. The molecule has 1 fully saturated rings. The van der Waals surface area contributed by atoms with Gasteiger partial charge in [-0.2, -0.15) is 5.10 Å². The van der Waals surface area contributed by atoms with Gasteiger partial charge in [-0.05, 0) is 25.5 Å². The van der Waals surface area contributed by atoms with Crippen molar-refractivity contribution in [3.8, 4) is 0 Å². The van der Waals surface area contributed by atoms with E-state index in [-0.39, 0.29) is 12.0 Å². The summed E-state index contributed by atoms with van der Waals surface area (Å²) in [7, 11) is 0. The molecule has 0 saturated carbocycles. The number of halogens is 1. The molecular formula is C14H19ClN4O2. The first-order valence-corrected chi connectivity index (χ1v) is 7.38. The average Bonchev–Trinajstić information content (AvgIpc) is 2.95. The number of nitrogens with two attached hydrogens (primary N) is 1. The SMILES string of the molecule is CC[C@H]1OC(O)(c2ccc3c(N)ncnn23)[C@](C)(Cl)[C@@H]1C. The average molecular weight is 311 g/mol. The molecule has 0 amide bonds. The second kappa shape index (κ2) is 4.56. The third kappa shape index (κ3) is 1.79. The molecule has 0 aliphatic carbocycles. The van der Waals surface area contributed by atoms with Gasteiger partial charge in [-0.15, -0.1) is 11.6 Å². The van der Waals surface area contributed by atoms with E-state index in [9.17, 15) is 5.11 Å². The summed E-state index contributed by atoms with van der Waals surface area (Å²) in [6.45, 7) is 5.79. The molecule has 1 aliphatic heterocycles. The van der Waals surface area contributed by atoms with Crippen molar-refractivity contribution in [2.45, 2.75) is 44.0 Å². The Balaban J connectivity index is 2.19. The van der Waals surface area contributed by atoms with Crippen molar-refractivity contribution in [3.63, 3.8) is 0 Å². The molecule has 3 heterocycles. The molecule has 1 saturated heterocycles. The molecule has 0 aromatic carbocycles. The minimum absolute atomic E-state index is 0.0149. The molecule has 6 nitrogen and oxygen atoms in total. The minimum atomic E-state index is -1.64. The van der Waals surface area contributed by atoms with Gasteiger partial charge in [0.2, 0.25) is 5.79 Å². The van der Waals surface area contributed by atoms with Crippen molar-refractivity contribution in [3.05, 3.63) is 24.2 Å². The van der Waals surface area contributed by atoms with Crippen molar-refractivity contribution < 1.29 is 9.84 Å². The second-order valence-corrected chi connectivity index (χ2v) is 6.52. The Labute approximate surface area is 127 Å². The summed E-state index contributed by atoms with van der Waals surface area (Å²) in [5.41, 5.74) is 6.91. The van der Waals surface area contributed by atoms with Crippen LogP contribution in [0.1, 0.15) is 32.9 Å². The zero-order valence-corrected chi connectivity index (χ0v) is 13.0. The summed E-state index contributed by atoms with van der Waals surface area (Å²) in [6, 6.07) is 3.48. The number of ether oxygens (including phenoxy) is 1. The lowest BCUT2D eigenvalue weighted by molar-refractivity contribution is -0.216. The van der Waals surface area contributed by atoms with E-state index >= 15 is 0 Å². The lowest BCUT2D eigenvalue weighted by atomic mass is 9.85. The second-order valence-electron chi connectivity index (χ2n) is 5.73. The van der Waals surface area contributed by atoms with Crippen LogP contribution in [-0.2, 0) is 10.5 Å². The molecule has 4 atom stereocenters. The number of nitrogen functional groups attached to an aromatic ring is 1. The Morgan fingerprint density at radius 2 is 2.24 bits per heavy atom. The van der Waals surface area contributed by atoms with E-state index in [0.717, 1.165) is 6.42 Å². The van der Waals surface area contributed by atoms with Gasteiger partial charge in [-0.1, -0.05) is 13.8 Å². The van der Waals surface area contributed by atoms with Crippen LogP contribution in [0.2, 0.25) is 0 Å². The third-order valence-corrected chi connectivity index (χ3v) is 5.23. The first kappa shape index (κ1) is 14.6. The largest absolute Gasteiger partial charge is 0.382 e. The Bertz CT molecular complexity index is 687. The summed E-state index contributed by atoms with van der Waals surface area (Å²) < 4.78 is 7.45. The molecule has 1 unspecified atom stereocenters. The maximum atomic E-state index is 11.2. The summed E-state index contributed by atoms with van der Waals surface area (Å²) in [5, 5.41) is 15.3. The molecule has 0 bridgehead atoms. The number of hydrogen-bond acceptors (Lipinski definition) is 5. The zero-order chi connectivity index (χ0) is 15.4. The lowest BCUT2D eigenvalue weighted by Crippen LogP contribution is -2.45. The number of fused-ring (bicyclic) bond motifs is 1. The Morgan fingerprint density at radius 3 is 2.86 bits per heavy atom. The highest BCUT2D eigenvalue weighted by Gasteiger charge is 2.62. The Kier molecular flexibility index (Phi) is 3.16. The van der Waals surface area contributed by atoms with Gasteiger partial charge in [-0.3, -0.25) is 0 Å². The molecule has 1 aliphatic rings. The van der Waals surface area contributed by atoms with Crippen LogP contribution >= 0.6 is 11.6 Å². The van der Waals surface area contributed by atoms with E-state index < -0.39 is 10.7 Å². The number of anilines is 1. The van der Waals surface area contributed by atoms with E-state index in [1.165, 1.54) is 10.8 Å². The first-order valence-electron chi connectivity index (χ1n) is 7.00. The van der Waals surface area contributed by atoms with E-state index in [1.54, 1.807) is 19.1 Å². The van der Waals surface area contributed by atoms with Crippen LogP contribution < -0.4 is 5.73 Å². The van der Waals surface area contributed by atoms with Crippen molar-refractivity contribution in [1.82, 2.24) is 14.6 Å². The maximum absolute atomic E-state index is 11.2. The predicted molar refractivity (Wildman–Crippen MR) is 79.9 cm³/mol. The lowest BCUT2D eigenvalue weighted by Gasteiger charge is -2.34. The van der Waals surface area contributed by atoms with Crippen LogP contribution in [0.15, 0.2) is 18.5 Å². The number of aliphatic hydroxyl groups is 1.